The molecule has 0 aliphatic carbocycles. The molecule has 0 saturated carbocycles. The number of rotatable bonds is 47. The maximum atomic E-state index is 12.1. The van der Waals surface area contributed by atoms with Crippen molar-refractivity contribution in [2.45, 2.75) is 191 Å². The Morgan fingerprint density at radius 2 is 1.04 bits per heavy atom. The van der Waals surface area contributed by atoms with E-state index in [-0.39, 0.29) is 126 Å². The van der Waals surface area contributed by atoms with Gasteiger partial charge in [0, 0.05) is 84.4 Å². The van der Waals surface area contributed by atoms with Gasteiger partial charge in [-0.05, 0) is 74.6 Å². The molecule has 0 radical (unpaired) electrons. The van der Waals surface area contributed by atoms with Crippen LogP contribution in [0.25, 0.3) is 0 Å². The van der Waals surface area contributed by atoms with E-state index < -0.39 is 54.1 Å². The van der Waals surface area contributed by atoms with Crippen LogP contribution in [-0.4, -0.2) is 224 Å². The smallest absolute Gasteiger partial charge is 0.305 e. The van der Waals surface area contributed by atoms with Crippen molar-refractivity contribution in [2.24, 2.45) is 0 Å². The largest absolute Gasteiger partial charge is 0.481 e. The van der Waals surface area contributed by atoms with Crippen molar-refractivity contribution in [3.8, 4) is 0 Å². The van der Waals surface area contributed by atoms with E-state index in [0.717, 1.165) is 6.42 Å². The summed E-state index contributed by atoms with van der Waals surface area (Å²) in [7, 11) is 7.24. The summed E-state index contributed by atoms with van der Waals surface area (Å²) in [6.07, 6.45) is 3.18. The highest BCUT2D eigenvalue weighted by Gasteiger charge is 2.20. The predicted octanol–water partition coefficient (Wildman–Crippen LogP) is 3.80. The first-order valence-electron chi connectivity index (χ1n) is 27.7. The molecule has 30 heteroatoms. The van der Waals surface area contributed by atoms with E-state index >= 15 is 0 Å². The Morgan fingerprint density at radius 3 is 1.41 bits per heavy atom. The first kappa shape index (κ1) is 83.3. The van der Waals surface area contributed by atoms with Crippen LogP contribution in [0.2, 0.25) is 0 Å². The van der Waals surface area contributed by atoms with Crippen LogP contribution in [0.1, 0.15) is 131 Å². The number of methoxy groups -OCH3 is 3. The number of hydrogen-bond acceptors (Lipinski definition) is 26. The molecule has 1 aromatic heterocycles. The number of hydrogen-bond donors (Lipinski definition) is 9. The van der Waals surface area contributed by atoms with Gasteiger partial charge in [-0.15, -0.1) is 0 Å². The molecule has 1 aromatic rings. The molecule has 1 rings (SSSR count). The van der Waals surface area contributed by atoms with Gasteiger partial charge in [0.1, 0.15) is 24.4 Å². The molecule has 0 aliphatic heterocycles. The SMILES string of the molecule is CCC(CO)OC(CO)OC.CCC(CO)OC(COC(=O)CCCC(=O)NCCCNC(=O)CCC(C)SSc1ccc([N+](=O)[O-])cn1)OC.CCC(CO)OC(COC(=O)CCCC(=O)O)OC.CCCOC(CO)OC(CC)CO. The van der Waals surface area contributed by atoms with Crippen molar-refractivity contribution in [2.75, 3.05) is 93.9 Å². The number of aliphatic carboxylic acids is 1. The minimum atomic E-state index is -0.945. The van der Waals surface area contributed by atoms with Gasteiger partial charge in [0.2, 0.25) is 11.8 Å². The molecule has 0 saturated heterocycles. The quantitative estimate of drug-likeness (QED) is 0.0112. The molecule has 0 aliphatic rings. The molecule has 9 unspecified atom stereocenters. The summed E-state index contributed by atoms with van der Waals surface area (Å²) < 4.78 is 51.2. The number of nitrogens with zero attached hydrogens (tertiary/aromatic N) is 2. The molecule has 28 nitrogen and oxygen atoms in total. The minimum Gasteiger partial charge on any atom is -0.481 e. The van der Waals surface area contributed by atoms with Gasteiger partial charge in [0.15, 0.2) is 25.2 Å². The second-order valence-electron chi connectivity index (χ2n) is 17.7. The van der Waals surface area contributed by atoms with Gasteiger partial charge in [-0.3, -0.25) is 34.1 Å². The lowest BCUT2D eigenvalue weighted by Gasteiger charge is -2.21. The third-order valence-electron chi connectivity index (χ3n) is 10.9. The fourth-order valence-corrected chi connectivity index (χ4v) is 7.89. The van der Waals surface area contributed by atoms with Gasteiger partial charge in [0.25, 0.3) is 5.69 Å². The van der Waals surface area contributed by atoms with Gasteiger partial charge < -0.3 is 93.7 Å². The predicted molar refractivity (Wildman–Crippen MR) is 307 cm³/mol. The molecule has 0 fully saturated rings. The fraction of sp³-hybridized carbons (Fsp3) is 0.811. The number of carbonyl (C=O) groups is 5. The molecular formula is C53H98N4O24S2. The number of ether oxygens (including phenoxy) is 10. The Kier molecular flexibility index (Phi) is 57.3. The average molecular weight is 1240 g/mol. The Labute approximate surface area is 496 Å². The topological polar surface area (TPSA) is 399 Å². The number of nitrogens with one attached hydrogen (secondary N) is 2. The lowest BCUT2D eigenvalue weighted by Crippen LogP contribution is -2.31. The average Bonchev–Trinajstić information content (AvgIpc) is 3.52. The van der Waals surface area contributed by atoms with E-state index in [0.29, 0.717) is 76.1 Å². The second kappa shape index (κ2) is 57.1. The highest BCUT2D eigenvalue weighted by Crippen LogP contribution is 2.35. The van der Waals surface area contributed by atoms with E-state index in [1.165, 1.54) is 44.4 Å². The molecular weight excluding hydrogens is 1140 g/mol. The van der Waals surface area contributed by atoms with Crippen LogP contribution in [0, 0.1) is 10.1 Å². The lowest BCUT2D eigenvalue weighted by molar-refractivity contribution is -0.385. The number of aromatic nitrogens is 1. The molecule has 1 heterocycles. The van der Waals surface area contributed by atoms with Gasteiger partial charge in [-0.1, -0.05) is 52.3 Å². The summed E-state index contributed by atoms with van der Waals surface area (Å²) in [5.74, 6) is -2.16. The number of carboxylic acids is 1. The number of carboxylic acid groups (broad SMARTS) is 1. The fourth-order valence-electron chi connectivity index (χ4n) is 5.82. The summed E-state index contributed by atoms with van der Waals surface area (Å²) >= 11 is 0. The van der Waals surface area contributed by atoms with Crippen molar-refractivity contribution >= 4 is 57.0 Å². The number of nitro groups is 1. The highest BCUT2D eigenvalue weighted by molar-refractivity contribution is 8.76. The third-order valence-corrected chi connectivity index (χ3v) is 13.8. The van der Waals surface area contributed by atoms with Crippen LogP contribution in [0.3, 0.4) is 0 Å². The zero-order valence-electron chi connectivity index (χ0n) is 49.9. The van der Waals surface area contributed by atoms with Crippen molar-refractivity contribution in [3.63, 3.8) is 0 Å². The Bertz CT molecular complexity index is 1740. The Balaban J connectivity index is -0.00000122. The van der Waals surface area contributed by atoms with Gasteiger partial charge in [0.05, 0.1) is 69.0 Å². The van der Waals surface area contributed by atoms with E-state index in [9.17, 15) is 39.2 Å². The molecule has 0 bridgehead atoms. The number of aliphatic hydroxyl groups excluding tert-OH is 6. The van der Waals surface area contributed by atoms with E-state index in [1.54, 1.807) is 16.9 Å². The Hall–Kier alpha value is -3.96. The summed E-state index contributed by atoms with van der Waals surface area (Å²) in [4.78, 5) is 71.7. The monoisotopic (exact) mass is 1240 g/mol. The molecule has 83 heavy (non-hydrogen) atoms. The van der Waals surface area contributed by atoms with Crippen LogP contribution < -0.4 is 10.6 Å². The number of pyridine rings is 1. The minimum absolute atomic E-state index is 0.0392. The molecule has 9 N–H and O–H groups in total. The Morgan fingerprint density at radius 1 is 0.602 bits per heavy atom. The normalized spacial score (nSPS) is 14.2. The second-order valence-corrected chi connectivity index (χ2v) is 20.4. The van der Waals surface area contributed by atoms with E-state index in [2.05, 4.69) is 15.6 Å². The maximum Gasteiger partial charge on any atom is 0.305 e. The van der Waals surface area contributed by atoms with E-state index in [4.69, 9.17) is 78.0 Å². The van der Waals surface area contributed by atoms with Crippen LogP contribution >= 0.6 is 21.6 Å². The van der Waals surface area contributed by atoms with Gasteiger partial charge in [-0.25, -0.2) is 4.98 Å². The number of amides is 2. The number of esters is 2. The van der Waals surface area contributed by atoms with Gasteiger partial charge in [-0.2, -0.15) is 0 Å². The summed E-state index contributed by atoms with van der Waals surface area (Å²) in [5.41, 5.74) is -0.0549. The zero-order valence-corrected chi connectivity index (χ0v) is 51.5. The van der Waals surface area contributed by atoms with Crippen molar-refractivity contribution < 1.29 is 112 Å². The third kappa shape index (κ3) is 48.9. The van der Waals surface area contributed by atoms with Gasteiger partial charge >= 0.3 is 17.9 Å². The van der Waals surface area contributed by atoms with E-state index in [1.807, 2.05) is 41.5 Å². The first-order chi connectivity index (χ1) is 39.8. The van der Waals surface area contributed by atoms with Crippen molar-refractivity contribution in [3.05, 3.63) is 28.4 Å². The van der Waals surface area contributed by atoms with Crippen LogP contribution in [0.5, 0.6) is 0 Å². The maximum absolute atomic E-state index is 12.1. The highest BCUT2D eigenvalue weighted by atomic mass is 33.1. The standard InChI is InChI=1S/C25H40N4O9S2.C12H22O7.C9H20O4.C7H16O4/c1-4-20(16-30)38-25(36-3)17-37-24(33)8-5-7-21(31)26-13-6-14-27-22(32)11-9-18(2)39-40-23-12-10-19(15-28-23)29(34)35;1-3-9(7-13)19-12(17-2)8-18-11(16)6-4-5-10(14)15;1-3-5-12-9(7-11)13-8(4-2)6-10;1-3-6(4-8)11-7(5-9)10-2/h10,12,15,18,20,25,30H,4-9,11,13-14,16-17H2,1-3H3,(H,26,31)(H,27,32);9,12-13H,3-8H2,1-2H3,(H,14,15);8-11H,3-7H2,1-2H3;6-9H,3-5H2,1-2H3. The molecule has 9 atom stereocenters. The summed E-state index contributed by atoms with van der Waals surface area (Å²) in [6.45, 7) is 12.0. The summed E-state index contributed by atoms with van der Waals surface area (Å²) in [5, 5.41) is 78.7. The summed E-state index contributed by atoms with van der Waals surface area (Å²) in [6, 6.07) is 3.01. The molecule has 0 spiro atoms. The van der Waals surface area contributed by atoms with Crippen molar-refractivity contribution in [1.82, 2.24) is 15.6 Å². The van der Waals surface area contributed by atoms with Crippen LogP contribution in [0.4, 0.5) is 5.69 Å². The lowest BCUT2D eigenvalue weighted by atomic mass is 10.2. The van der Waals surface area contributed by atoms with Crippen LogP contribution in [0.15, 0.2) is 23.4 Å². The number of aliphatic hydroxyl groups is 6. The first-order valence-corrected chi connectivity index (χ1v) is 30.0. The zero-order chi connectivity index (χ0) is 63.2. The van der Waals surface area contributed by atoms with Crippen molar-refractivity contribution in [1.29, 1.82) is 0 Å². The molecule has 486 valence electrons. The molecule has 2 amide bonds. The number of carbonyl (C=O) groups excluding carboxylic acids is 4. The van der Waals surface area contributed by atoms with Crippen LogP contribution in [-0.2, 0) is 71.3 Å². The molecule has 0 aromatic carbocycles.